The summed E-state index contributed by atoms with van der Waals surface area (Å²) in [7, 11) is 0. The topological polar surface area (TPSA) is 9.23 Å². The molecular weight excluding hydrogens is 268 g/mol. The van der Waals surface area contributed by atoms with Crippen LogP contribution in [0.3, 0.4) is 0 Å². The third-order valence-corrected chi connectivity index (χ3v) is 5.23. The van der Waals surface area contributed by atoms with Crippen molar-refractivity contribution in [1.29, 1.82) is 0 Å². The van der Waals surface area contributed by atoms with E-state index in [4.69, 9.17) is 11.2 Å². The quantitative estimate of drug-likeness (QED) is 0.679. The van der Waals surface area contributed by atoms with Crippen LogP contribution in [-0.4, -0.2) is 6.61 Å². The molecule has 0 heterocycles. The van der Waals surface area contributed by atoms with Crippen molar-refractivity contribution in [2.75, 3.05) is 6.61 Å². The highest BCUT2D eigenvalue weighted by Gasteiger charge is 2.31. The SMILES string of the molecule is C#CCOc1ccc2cc(C3(CC)CCCCC3)ccc2c1. The molecule has 1 nitrogen and oxygen atoms in total. The molecule has 1 fully saturated rings. The fourth-order valence-electron chi connectivity index (χ4n) is 3.84. The molecule has 0 N–H and O–H groups in total. The molecule has 2 aromatic rings. The Morgan fingerprint density at radius 3 is 2.50 bits per heavy atom. The van der Waals surface area contributed by atoms with Crippen molar-refractivity contribution in [2.24, 2.45) is 0 Å². The highest BCUT2D eigenvalue weighted by atomic mass is 16.5. The lowest BCUT2D eigenvalue weighted by Gasteiger charge is -2.37. The fourth-order valence-corrected chi connectivity index (χ4v) is 3.84. The minimum atomic E-state index is 0.322. The van der Waals surface area contributed by atoms with E-state index in [9.17, 15) is 0 Å². The van der Waals surface area contributed by atoms with Gasteiger partial charge in [0.25, 0.3) is 0 Å². The van der Waals surface area contributed by atoms with Gasteiger partial charge in [0, 0.05) is 0 Å². The monoisotopic (exact) mass is 292 g/mol. The maximum Gasteiger partial charge on any atom is 0.148 e. The van der Waals surface area contributed by atoms with Crippen LogP contribution in [0, 0.1) is 12.3 Å². The summed E-state index contributed by atoms with van der Waals surface area (Å²) in [6.45, 7) is 2.66. The number of rotatable bonds is 4. The number of hydrogen-bond acceptors (Lipinski definition) is 1. The summed E-state index contributed by atoms with van der Waals surface area (Å²) >= 11 is 0. The lowest BCUT2D eigenvalue weighted by atomic mass is 9.67. The Kier molecular flexibility index (Phi) is 4.39. The summed E-state index contributed by atoms with van der Waals surface area (Å²) in [6, 6.07) is 13.2. The second kappa shape index (κ2) is 6.44. The van der Waals surface area contributed by atoms with Gasteiger partial charge in [-0.25, -0.2) is 0 Å². The van der Waals surface area contributed by atoms with E-state index in [-0.39, 0.29) is 0 Å². The molecule has 1 saturated carbocycles. The van der Waals surface area contributed by atoms with Crippen molar-refractivity contribution < 1.29 is 4.74 Å². The zero-order chi connectivity index (χ0) is 15.4. The van der Waals surface area contributed by atoms with E-state index in [1.807, 2.05) is 6.07 Å². The number of fused-ring (bicyclic) bond motifs is 1. The van der Waals surface area contributed by atoms with E-state index < -0.39 is 0 Å². The third-order valence-electron chi connectivity index (χ3n) is 5.23. The first kappa shape index (κ1) is 15.0. The summed E-state index contributed by atoms with van der Waals surface area (Å²) in [5, 5.41) is 2.52. The van der Waals surface area contributed by atoms with Crippen LogP contribution in [0.5, 0.6) is 5.75 Å². The van der Waals surface area contributed by atoms with E-state index in [0.29, 0.717) is 12.0 Å². The van der Waals surface area contributed by atoms with E-state index in [0.717, 1.165) is 5.75 Å². The first-order valence-electron chi connectivity index (χ1n) is 8.38. The average Bonchev–Trinajstić information content (AvgIpc) is 2.60. The van der Waals surface area contributed by atoms with E-state index in [2.05, 4.69) is 43.2 Å². The summed E-state index contributed by atoms with van der Waals surface area (Å²) < 4.78 is 5.51. The van der Waals surface area contributed by atoms with Crippen molar-refractivity contribution in [3.8, 4) is 18.1 Å². The van der Waals surface area contributed by atoms with Crippen molar-refractivity contribution in [2.45, 2.75) is 50.9 Å². The van der Waals surface area contributed by atoms with Crippen LogP contribution >= 0.6 is 0 Å². The molecule has 0 radical (unpaired) electrons. The molecule has 0 saturated heterocycles. The lowest BCUT2D eigenvalue weighted by Crippen LogP contribution is -2.28. The Morgan fingerprint density at radius 2 is 1.77 bits per heavy atom. The Labute approximate surface area is 133 Å². The van der Waals surface area contributed by atoms with Gasteiger partial charge in [-0.1, -0.05) is 56.4 Å². The van der Waals surface area contributed by atoms with Gasteiger partial charge in [0.15, 0.2) is 0 Å². The van der Waals surface area contributed by atoms with Crippen molar-refractivity contribution in [3.63, 3.8) is 0 Å². The molecule has 1 heteroatoms. The molecule has 3 rings (SSSR count). The summed E-state index contributed by atoms with van der Waals surface area (Å²) in [5.74, 6) is 3.35. The molecule has 0 aromatic heterocycles. The number of ether oxygens (including phenoxy) is 1. The van der Waals surface area contributed by atoms with Gasteiger partial charge in [-0.2, -0.15) is 0 Å². The predicted molar refractivity (Wildman–Crippen MR) is 93.3 cm³/mol. The van der Waals surface area contributed by atoms with Crippen LogP contribution in [-0.2, 0) is 5.41 Å². The van der Waals surface area contributed by atoms with Crippen LogP contribution in [0.1, 0.15) is 51.0 Å². The normalized spacial score (nSPS) is 17.1. The zero-order valence-electron chi connectivity index (χ0n) is 13.4. The standard InChI is InChI=1S/C21H24O/c1-3-14-22-20-11-9-17-15-19(10-8-18(17)16-20)21(4-2)12-6-5-7-13-21/h1,8-11,15-16H,4-7,12-14H2,2H3. The van der Waals surface area contributed by atoms with Crippen molar-refractivity contribution >= 4 is 10.8 Å². The number of terminal acetylenes is 1. The molecule has 0 spiro atoms. The Morgan fingerprint density at radius 1 is 1.05 bits per heavy atom. The zero-order valence-corrected chi connectivity index (χ0v) is 13.4. The van der Waals surface area contributed by atoms with Gasteiger partial charge < -0.3 is 4.74 Å². The van der Waals surface area contributed by atoms with Crippen molar-refractivity contribution in [3.05, 3.63) is 42.0 Å². The third kappa shape index (κ3) is 2.83. The van der Waals surface area contributed by atoms with Gasteiger partial charge in [-0.3, -0.25) is 0 Å². The smallest absolute Gasteiger partial charge is 0.148 e. The minimum Gasteiger partial charge on any atom is -0.481 e. The van der Waals surface area contributed by atoms with Gasteiger partial charge in [-0.05, 0) is 53.1 Å². The predicted octanol–water partition coefficient (Wildman–Crippen LogP) is 5.46. The summed E-state index contributed by atoms with van der Waals surface area (Å²) in [6.07, 6.45) is 13.3. The molecule has 22 heavy (non-hydrogen) atoms. The molecule has 1 aliphatic carbocycles. The fraction of sp³-hybridized carbons (Fsp3) is 0.429. The molecule has 0 aliphatic heterocycles. The molecule has 1 aliphatic rings. The maximum atomic E-state index is 5.51. The highest BCUT2D eigenvalue weighted by Crippen LogP contribution is 2.42. The van der Waals surface area contributed by atoms with Gasteiger partial charge in [0.05, 0.1) is 0 Å². The maximum absolute atomic E-state index is 5.51. The second-order valence-electron chi connectivity index (χ2n) is 6.41. The second-order valence-corrected chi connectivity index (χ2v) is 6.41. The molecule has 2 aromatic carbocycles. The molecule has 0 bridgehead atoms. The van der Waals surface area contributed by atoms with Crippen LogP contribution in [0.15, 0.2) is 36.4 Å². The summed E-state index contributed by atoms with van der Waals surface area (Å²) in [5.41, 5.74) is 1.91. The van der Waals surface area contributed by atoms with Crippen LogP contribution < -0.4 is 4.74 Å². The van der Waals surface area contributed by atoms with Crippen LogP contribution in [0.4, 0.5) is 0 Å². The molecular formula is C21H24O. The van der Waals surface area contributed by atoms with Gasteiger partial charge in [-0.15, -0.1) is 6.42 Å². The van der Waals surface area contributed by atoms with E-state index >= 15 is 0 Å². The van der Waals surface area contributed by atoms with Gasteiger partial charge in [0.2, 0.25) is 0 Å². The Bertz CT molecular complexity index is 687. The van der Waals surface area contributed by atoms with Crippen molar-refractivity contribution in [1.82, 2.24) is 0 Å². The van der Waals surface area contributed by atoms with E-state index in [1.165, 1.54) is 54.9 Å². The first-order chi connectivity index (χ1) is 10.8. The molecule has 0 amide bonds. The lowest BCUT2D eigenvalue weighted by molar-refractivity contribution is 0.283. The number of benzene rings is 2. The average molecular weight is 292 g/mol. The molecule has 0 unspecified atom stereocenters. The van der Waals surface area contributed by atoms with Gasteiger partial charge >= 0.3 is 0 Å². The summed E-state index contributed by atoms with van der Waals surface area (Å²) in [4.78, 5) is 0. The Balaban J connectivity index is 1.94. The highest BCUT2D eigenvalue weighted by molar-refractivity contribution is 5.84. The van der Waals surface area contributed by atoms with Crippen LogP contribution in [0.2, 0.25) is 0 Å². The Hall–Kier alpha value is -1.94. The van der Waals surface area contributed by atoms with Gasteiger partial charge in [0.1, 0.15) is 12.4 Å². The van der Waals surface area contributed by atoms with Crippen LogP contribution in [0.25, 0.3) is 10.8 Å². The molecule has 0 atom stereocenters. The molecule has 114 valence electrons. The minimum absolute atomic E-state index is 0.322. The first-order valence-corrected chi connectivity index (χ1v) is 8.38. The van der Waals surface area contributed by atoms with E-state index in [1.54, 1.807) is 0 Å². The number of hydrogen-bond donors (Lipinski definition) is 0. The largest absolute Gasteiger partial charge is 0.481 e.